The summed E-state index contributed by atoms with van der Waals surface area (Å²) < 4.78 is 5.01. The van der Waals surface area contributed by atoms with Crippen molar-refractivity contribution in [2.24, 2.45) is 0 Å². The number of methoxy groups -OCH3 is 1. The Morgan fingerprint density at radius 3 is 2.50 bits per heavy atom. The van der Waals surface area contributed by atoms with Crippen LogP contribution in [0.25, 0.3) is 0 Å². The molecule has 2 heteroatoms. The van der Waals surface area contributed by atoms with Gasteiger partial charge in [-0.2, -0.15) is 0 Å². The molecule has 0 fully saturated rings. The molecule has 1 N–H and O–H groups in total. The number of aliphatic hydroxyl groups excluding tert-OH is 1. The lowest BCUT2D eigenvalue weighted by molar-refractivity contribution is 0.299. The quantitative estimate of drug-likeness (QED) is 0.734. The molecule has 2 nitrogen and oxygen atoms in total. The first-order valence-electron chi connectivity index (χ1n) is 3.95. The fourth-order valence-corrected chi connectivity index (χ4v) is 0.971. The number of ether oxygens (including phenoxy) is 1. The summed E-state index contributed by atoms with van der Waals surface area (Å²) in [7, 11) is 1.65. The summed E-state index contributed by atoms with van der Waals surface area (Å²) in [5.74, 6) is 0.858. The van der Waals surface area contributed by atoms with Gasteiger partial charge in [0.05, 0.1) is 7.11 Å². The molecule has 0 aliphatic carbocycles. The predicted octanol–water partition coefficient (Wildman–Crippen LogP) is 1.63. The Morgan fingerprint density at radius 2 is 2.00 bits per heavy atom. The lowest BCUT2D eigenvalue weighted by Crippen LogP contribution is -1.87. The first-order chi connectivity index (χ1) is 5.86. The second kappa shape index (κ2) is 4.78. The van der Waals surface area contributed by atoms with Crippen LogP contribution in [0.5, 0.6) is 5.75 Å². The van der Waals surface area contributed by atoms with Crippen LogP contribution in [0.2, 0.25) is 0 Å². The fraction of sp³-hybridized carbons (Fsp3) is 0.300. The van der Waals surface area contributed by atoms with E-state index in [4.69, 9.17) is 9.84 Å². The van der Waals surface area contributed by atoms with Gasteiger partial charge in [0.15, 0.2) is 0 Å². The van der Waals surface area contributed by atoms with E-state index in [-0.39, 0.29) is 6.61 Å². The van der Waals surface area contributed by atoms with Gasteiger partial charge >= 0.3 is 0 Å². The molecule has 0 aromatic heterocycles. The van der Waals surface area contributed by atoms with E-state index in [9.17, 15) is 0 Å². The molecule has 0 aliphatic heterocycles. The topological polar surface area (TPSA) is 29.5 Å². The van der Waals surface area contributed by atoms with E-state index in [1.165, 1.54) is 0 Å². The zero-order chi connectivity index (χ0) is 8.81. The van der Waals surface area contributed by atoms with E-state index in [0.717, 1.165) is 11.3 Å². The lowest BCUT2D eigenvalue weighted by Gasteiger charge is -2.01. The van der Waals surface area contributed by atoms with Crippen molar-refractivity contribution in [1.82, 2.24) is 0 Å². The summed E-state index contributed by atoms with van der Waals surface area (Å²) >= 11 is 0. The van der Waals surface area contributed by atoms with Crippen LogP contribution in [0.1, 0.15) is 12.0 Å². The van der Waals surface area contributed by atoms with Gasteiger partial charge < -0.3 is 9.84 Å². The number of aliphatic hydroxyl groups is 1. The van der Waals surface area contributed by atoms with E-state index in [0.29, 0.717) is 6.42 Å². The molecule has 0 aliphatic rings. The first kappa shape index (κ1) is 9.07. The smallest absolute Gasteiger partial charge is 0.118 e. The molecule has 0 saturated carbocycles. The SMILES string of the molecule is COc1ccc([CH]CCO)cc1. The Balaban J connectivity index is 2.53. The Kier molecular flexibility index (Phi) is 3.61. The Hall–Kier alpha value is -1.02. The highest BCUT2D eigenvalue weighted by atomic mass is 16.5. The molecule has 65 valence electrons. The van der Waals surface area contributed by atoms with Crippen LogP contribution in [-0.2, 0) is 0 Å². The van der Waals surface area contributed by atoms with Gasteiger partial charge in [0.25, 0.3) is 0 Å². The van der Waals surface area contributed by atoms with Crippen LogP contribution in [-0.4, -0.2) is 18.8 Å². The molecule has 1 aromatic rings. The summed E-state index contributed by atoms with van der Waals surface area (Å²) in [5.41, 5.74) is 1.12. The largest absolute Gasteiger partial charge is 0.497 e. The van der Waals surface area contributed by atoms with Gasteiger partial charge in [-0.15, -0.1) is 0 Å². The summed E-state index contributed by atoms with van der Waals surface area (Å²) in [6, 6.07) is 7.75. The number of hydrogen-bond donors (Lipinski definition) is 1. The van der Waals surface area contributed by atoms with E-state index in [1.807, 2.05) is 30.7 Å². The molecule has 0 atom stereocenters. The van der Waals surface area contributed by atoms with Gasteiger partial charge in [-0.3, -0.25) is 0 Å². The summed E-state index contributed by atoms with van der Waals surface area (Å²) in [4.78, 5) is 0. The van der Waals surface area contributed by atoms with Crippen molar-refractivity contribution in [3.05, 3.63) is 36.2 Å². The Morgan fingerprint density at radius 1 is 1.33 bits per heavy atom. The average molecular weight is 165 g/mol. The van der Waals surface area contributed by atoms with E-state index >= 15 is 0 Å². The molecule has 0 unspecified atom stereocenters. The maximum atomic E-state index is 8.57. The van der Waals surface area contributed by atoms with Gasteiger partial charge in [-0.25, -0.2) is 0 Å². The third-order valence-electron chi connectivity index (χ3n) is 1.62. The zero-order valence-electron chi connectivity index (χ0n) is 7.16. The minimum atomic E-state index is 0.200. The fourth-order valence-electron chi connectivity index (χ4n) is 0.971. The second-order valence-electron chi connectivity index (χ2n) is 2.49. The minimum absolute atomic E-state index is 0.200. The molecule has 0 bridgehead atoms. The maximum Gasteiger partial charge on any atom is 0.118 e. The normalized spacial score (nSPS) is 9.83. The number of rotatable bonds is 4. The first-order valence-corrected chi connectivity index (χ1v) is 3.95. The number of benzene rings is 1. The second-order valence-corrected chi connectivity index (χ2v) is 2.49. The molecule has 0 amide bonds. The minimum Gasteiger partial charge on any atom is -0.497 e. The molecule has 1 aromatic carbocycles. The van der Waals surface area contributed by atoms with Crippen LogP contribution in [0.4, 0.5) is 0 Å². The average Bonchev–Trinajstić information content (AvgIpc) is 2.15. The van der Waals surface area contributed by atoms with E-state index in [2.05, 4.69) is 0 Å². The maximum absolute atomic E-state index is 8.57. The monoisotopic (exact) mass is 165 g/mol. The third kappa shape index (κ3) is 2.55. The van der Waals surface area contributed by atoms with Crippen molar-refractivity contribution >= 4 is 0 Å². The Bertz CT molecular complexity index is 216. The molecule has 0 heterocycles. The van der Waals surface area contributed by atoms with Gasteiger partial charge in [0, 0.05) is 6.61 Å². The lowest BCUT2D eigenvalue weighted by atomic mass is 10.1. The summed E-state index contributed by atoms with van der Waals surface area (Å²) in [5, 5.41) is 8.57. The van der Waals surface area contributed by atoms with Gasteiger partial charge in [0.1, 0.15) is 5.75 Å². The molecule has 12 heavy (non-hydrogen) atoms. The van der Waals surface area contributed by atoms with Gasteiger partial charge in [0.2, 0.25) is 0 Å². The summed E-state index contributed by atoms with van der Waals surface area (Å²) in [6.07, 6.45) is 2.69. The predicted molar refractivity (Wildman–Crippen MR) is 48.1 cm³/mol. The molecular weight excluding hydrogens is 152 g/mol. The summed E-state index contributed by atoms with van der Waals surface area (Å²) in [6.45, 7) is 0.200. The highest BCUT2D eigenvalue weighted by Gasteiger charge is 1.93. The van der Waals surface area contributed by atoms with Crippen molar-refractivity contribution in [3.63, 3.8) is 0 Å². The van der Waals surface area contributed by atoms with Crippen molar-refractivity contribution in [1.29, 1.82) is 0 Å². The molecule has 1 radical (unpaired) electrons. The molecule has 1 rings (SSSR count). The standard InChI is InChI=1S/C10H13O2/c1-12-10-6-4-9(5-7-10)3-2-8-11/h3-7,11H,2,8H2,1H3. The van der Waals surface area contributed by atoms with Crippen molar-refractivity contribution in [2.45, 2.75) is 6.42 Å². The van der Waals surface area contributed by atoms with Crippen LogP contribution in [0.15, 0.2) is 24.3 Å². The van der Waals surface area contributed by atoms with Gasteiger partial charge in [-0.05, 0) is 30.5 Å². The highest BCUT2D eigenvalue weighted by molar-refractivity contribution is 5.30. The molecule has 0 spiro atoms. The number of hydrogen-bond acceptors (Lipinski definition) is 2. The van der Waals surface area contributed by atoms with Crippen molar-refractivity contribution in [2.75, 3.05) is 13.7 Å². The van der Waals surface area contributed by atoms with E-state index < -0.39 is 0 Å². The zero-order valence-corrected chi connectivity index (χ0v) is 7.16. The molecule has 0 saturated heterocycles. The van der Waals surface area contributed by atoms with Crippen LogP contribution >= 0.6 is 0 Å². The van der Waals surface area contributed by atoms with E-state index in [1.54, 1.807) is 7.11 Å². The van der Waals surface area contributed by atoms with Crippen LogP contribution < -0.4 is 4.74 Å². The van der Waals surface area contributed by atoms with Crippen molar-refractivity contribution < 1.29 is 9.84 Å². The third-order valence-corrected chi connectivity index (χ3v) is 1.62. The molecular formula is C10H13O2. The van der Waals surface area contributed by atoms with Crippen molar-refractivity contribution in [3.8, 4) is 5.75 Å². The van der Waals surface area contributed by atoms with Crippen LogP contribution in [0.3, 0.4) is 0 Å². The van der Waals surface area contributed by atoms with Gasteiger partial charge in [-0.1, -0.05) is 12.1 Å². The van der Waals surface area contributed by atoms with Crippen LogP contribution in [0, 0.1) is 6.42 Å². The Labute approximate surface area is 72.8 Å². The highest BCUT2D eigenvalue weighted by Crippen LogP contribution is 2.13.